The lowest BCUT2D eigenvalue weighted by Gasteiger charge is -2.20. The van der Waals surface area contributed by atoms with E-state index in [0.717, 1.165) is 30.9 Å². The fraction of sp³-hybridized carbons (Fsp3) is 0.286. The second kappa shape index (κ2) is 8.56. The second-order valence-electron chi connectivity index (χ2n) is 6.85. The van der Waals surface area contributed by atoms with E-state index >= 15 is 0 Å². The lowest BCUT2D eigenvalue weighted by Crippen LogP contribution is -2.45. The van der Waals surface area contributed by atoms with Crippen LogP contribution in [0.1, 0.15) is 23.9 Å². The Bertz CT molecular complexity index is 870. The number of hydrogen-bond acceptors (Lipinski definition) is 5. The van der Waals surface area contributed by atoms with Crippen LogP contribution in [0.25, 0.3) is 0 Å². The molecule has 28 heavy (non-hydrogen) atoms. The Labute approximate surface area is 163 Å². The number of hydrogen-bond donors (Lipinski definition) is 2. The number of oxazole rings is 1. The summed E-state index contributed by atoms with van der Waals surface area (Å²) < 4.78 is 5.44. The molecule has 144 valence electrons. The summed E-state index contributed by atoms with van der Waals surface area (Å²) in [6.45, 7) is 1.61. The summed E-state index contributed by atoms with van der Waals surface area (Å²) in [7, 11) is 0. The van der Waals surface area contributed by atoms with Crippen LogP contribution in [-0.2, 0) is 6.42 Å². The predicted octanol–water partition coefficient (Wildman–Crippen LogP) is 2.93. The van der Waals surface area contributed by atoms with Crippen LogP contribution in [0.15, 0.2) is 71.6 Å². The van der Waals surface area contributed by atoms with Gasteiger partial charge in [-0.2, -0.15) is 0 Å². The van der Waals surface area contributed by atoms with Gasteiger partial charge in [0.1, 0.15) is 18.1 Å². The smallest absolute Gasteiger partial charge is 0.315 e. The van der Waals surface area contributed by atoms with Crippen LogP contribution in [0.3, 0.4) is 0 Å². The first-order valence-corrected chi connectivity index (χ1v) is 9.44. The summed E-state index contributed by atoms with van der Waals surface area (Å²) in [6, 6.07) is 15.4. The number of carbonyl (C=O) groups is 1. The fourth-order valence-corrected chi connectivity index (χ4v) is 3.47. The van der Waals surface area contributed by atoms with Crippen molar-refractivity contribution in [2.45, 2.75) is 24.9 Å². The van der Waals surface area contributed by atoms with Crippen molar-refractivity contribution in [1.82, 2.24) is 20.6 Å². The highest BCUT2D eigenvalue weighted by Gasteiger charge is 2.26. The molecular formula is C21H23N5O2. The fourth-order valence-electron chi connectivity index (χ4n) is 3.47. The van der Waals surface area contributed by atoms with E-state index in [1.165, 1.54) is 6.26 Å². The quantitative estimate of drug-likeness (QED) is 0.690. The van der Waals surface area contributed by atoms with E-state index in [9.17, 15) is 4.79 Å². The third-order valence-electron chi connectivity index (χ3n) is 4.83. The van der Waals surface area contributed by atoms with E-state index in [2.05, 4.69) is 25.5 Å². The molecule has 2 N–H and O–H groups in total. The molecule has 1 aliphatic heterocycles. The van der Waals surface area contributed by atoms with E-state index in [0.29, 0.717) is 12.3 Å². The van der Waals surface area contributed by atoms with Crippen LogP contribution in [0.4, 0.5) is 10.6 Å². The third kappa shape index (κ3) is 4.49. The van der Waals surface area contributed by atoms with Crippen molar-refractivity contribution in [1.29, 1.82) is 0 Å². The molecule has 1 saturated heterocycles. The molecule has 0 bridgehead atoms. The number of rotatable bonds is 6. The molecule has 2 amide bonds. The number of benzene rings is 1. The summed E-state index contributed by atoms with van der Waals surface area (Å²) in [4.78, 5) is 23.4. The van der Waals surface area contributed by atoms with Gasteiger partial charge in [-0.3, -0.25) is 0 Å². The minimum atomic E-state index is -0.328. The average molecular weight is 377 g/mol. The molecule has 7 nitrogen and oxygen atoms in total. The Morgan fingerprint density at radius 3 is 2.75 bits per heavy atom. The molecule has 1 aromatic carbocycles. The molecule has 0 spiro atoms. The Kier molecular flexibility index (Phi) is 5.51. The predicted molar refractivity (Wildman–Crippen MR) is 106 cm³/mol. The topological polar surface area (TPSA) is 83.3 Å². The normalized spacial score (nSPS) is 17.3. The molecule has 2 aromatic heterocycles. The Hall–Kier alpha value is -3.35. The molecule has 3 heterocycles. The zero-order valence-corrected chi connectivity index (χ0v) is 15.5. The van der Waals surface area contributed by atoms with Gasteiger partial charge in [0.15, 0.2) is 0 Å². The zero-order chi connectivity index (χ0) is 19.2. The molecule has 4 rings (SSSR count). The van der Waals surface area contributed by atoms with Crippen molar-refractivity contribution >= 4 is 11.8 Å². The highest BCUT2D eigenvalue weighted by Crippen LogP contribution is 2.19. The van der Waals surface area contributed by atoms with Crippen molar-refractivity contribution in [3.05, 3.63) is 78.6 Å². The number of pyridine rings is 1. The molecule has 2 atom stereocenters. The highest BCUT2D eigenvalue weighted by molar-refractivity contribution is 5.75. The van der Waals surface area contributed by atoms with Gasteiger partial charge in [0.05, 0.1) is 6.20 Å². The molecule has 0 radical (unpaired) electrons. The number of nitrogens with one attached hydrogen (secondary N) is 2. The number of urea groups is 1. The van der Waals surface area contributed by atoms with Gasteiger partial charge in [-0.05, 0) is 24.1 Å². The van der Waals surface area contributed by atoms with Crippen LogP contribution in [-0.4, -0.2) is 35.1 Å². The summed E-state index contributed by atoms with van der Waals surface area (Å²) >= 11 is 0. The minimum Gasteiger partial charge on any atom is -0.447 e. The number of carbonyl (C=O) groups excluding carboxylic acids is 1. The maximum atomic E-state index is 12.6. The average Bonchev–Trinajstić information content (AvgIpc) is 3.41. The first kappa shape index (κ1) is 18.0. The number of aromatic nitrogens is 2. The van der Waals surface area contributed by atoms with Gasteiger partial charge in [0.2, 0.25) is 5.89 Å². The maximum Gasteiger partial charge on any atom is 0.315 e. The molecule has 1 aliphatic rings. The van der Waals surface area contributed by atoms with E-state index in [-0.39, 0.29) is 18.1 Å². The molecule has 1 fully saturated rings. The van der Waals surface area contributed by atoms with Crippen molar-refractivity contribution in [2.24, 2.45) is 0 Å². The van der Waals surface area contributed by atoms with Crippen LogP contribution in [0, 0.1) is 0 Å². The maximum absolute atomic E-state index is 12.6. The monoisotopic (exact) mass is 377 g/mol. The van der Waals surface area contributed by atoms with E-state index in [4.69, 9.17) is 4.42 Å². The molecule has 0 aliphatic carbocycles. The molecule has 7 heteroatoms. The minimum absolute atomic E-state index is 0.0731. The standard InChI is InChI=1S/C21H23N5O2/c27-21(24-17-9-12-26(15-17)19-8-4-5-10-22-19)25-18(20-23-11-13-28-20)14-16-6-2-1-3-7-16/h1-8,10-11,13,17-18H,9,12,14-15H2,(H2,24,25,27). The Morgan fingerprint density at radius 2 is 2.00 bits per heavy atom. The molecular weight excluding hydrogens is 354 g/mol. The van der Waals surface area contributed by atoms with Crippen molar-refractivity contribution in [3.63, 3.8) is 0 Å². The first-order chi connectivity index (χ1) is 13.8. The lowest BCUT2D eigenvalue weighted by atomic mass is 10.1. The molecule has 3 aromatic rings. The van der Waals surface area contributed by atoms with Crippen LogP contribution >= 0.6 is 0 Å². The second-order valence-corrected chi connectivity index (χ2v) is 6.85. The van der Waals surface area contributed by atoms with E-state index in [1.54, 1.807) is 12.4 Å². The van der Waals surface area contributed by atoms with E-state index < -0.39 is 0 Å². The third-order valence-corrected chi connectivity index (χ3v) is 4.83. The summed E-state index contributed by atoms with van der Waals surface area (Å²) in [5.41, 5.74) is 1.10. The number of nitrogens with zero attached hydrogens (tertiary/aromatic N) is 3. The first-order valence-electron chi connectivity index (χ1n) is 9.44. The number of anilines is 1. The van der Waals surface area contributed by atoms with Gasteiger partial charge >= 0.3 is 6.03 Å². The zero-order valence-electron chi connectivity index (χ0n) is 15.5. The lowest BCUT2D eigenvalue weighted by molar-refractivity contribution is 0.231. The summed E-state index contributed by atoms with van der Waals surface area (Å²) in [5.74, 6) is 1.44. The van der Waals surface area contributed by atoms with Gasteiger partial charge in [-0.25, -0.2) is 14.8 Å². The van der Waals surface area contributed by atoms with Crippen LogP contribution in [0.2, 0.25) is 0 Å². The summed E-state index contributed by atoms with van der Waals surface area (Å²) in [6.07, 6.45) is 6.39. The molecule has 0 saturated carbocycles. The van der Waals surface area contributed by atoms with Crippen molar-refractivity contribution in [2.75, 3.05) is 18.0 Å². The van der Waals surface area contributed by atoms with Crippen molar-refractivity contribution in [3.8, 4) is 0 Å². The molecule has 2 unspecified atom stereocenters. The van der Waals surface area contributed by atoms with Gasteiger partial charge in [0.25, 0.3) is 0 Å². The largest absolute Gasteiger partial charge is 0.447 e. The van der Waals surface area contributed by atoms with Crippen LogP contribution < -0.4 is 15.5 Å². The Balaban J connectivity index is 1.36. The van der Waals surface area contributed by atoms with E-state index in [1.807, 2.05) is 48.5 Å². The SMILES string of the molecule is O=C(NC1CCN(c2ccccn2)C1)NC(Cc1ccccc1)c1ncco1. The Morgan fingerprint density at radius 1 is 1.14 bits per heavy atom. The highest BCUT2D eigenvalue weighted by atomic mass is 16.3. The van der Waals surface area contributed by atoms with Crippen LogP contribution in [0.5, 0.6) is 0 Å². The van der Waals surface area contributed by atoms with Crippen molar-refractivity contribution < 1.29 is 9.21 Å². The van der Waals surface area contributed by atoms with Gasteiger partial charge in [-0.1, -0.05) is 36.4 Å². The van der Waals surface area contributed by atoms with Gasteiger partial charge in [0, 0.05) is 31.7 Å². The van der Waals surface area contributed by atoms with Gasteiger partial charge in [-0.15, -0.1) is 0 Å². The number of amides is 2. The summed E-state index contributed by atoms with van der Waals surface area (Å²) in [5, 5.41) is 6.08. The van der Waals surface area contributed by atoms with Gasteiger partial charge < -0.3 is 20.0 Å².